The number of carbonyl (C=O) groups excluding carboxylic acids is 2. The van der Waals surface area contributed by atoms with Crippen LogP contribution in [-0.2, 0) is 9.59 Å². The second-order valence-corrected chi connectivity index (χ2v) is 5.77. The zero-order chi connectivity index (χ0) is 14.0. The Balaban J connectivity index is 2.18. The van der Waals surface area contributed by atoms with Gasteiger partial charge in [-0.25, -0.2) is 4.79 Å². The molecule has 5 nitrogen and oxygen atoms in total. The summed E-state index contributed by atoms with van der Waals surface area (Å²) in [5, 5.41) is 8.86. The van der Waals surface area contributed by atoms with Gasteiger partial charge in [0.1, 0.15) is 0 Å². The van der Waals surface area contributed by atoms with E-state index >= 15 is 0 Å². The highest BCUT2D eigenvalue weighted by Gasteiger charge is 2.32. The summed E-state index contributed by atoms with van der Waals surface area (Å²) in [6, 6.07) is 6.26. The molecule has 1 amide bonds. The number of thioether (sulfide) groups is 1. The van der Waals surface area contributed by atoms with E-state index in [-0.39, 0.29) is 21.8 Å². The molecule has 1 heterocycles. The first-order valence-corrected chi connectivity index (χ1v) is 6.66. The predicted molar refractivity (Wildman–Crippen MR) is 72.4 cm³/mol. The molecule has 1 aromatic carbocycles. The molecule has 1 unspecified atom stereocenters. The number of carbonyl (C=O) groups is 3. The van der Waals surface area contributed by atoms with Crippen LogP contribution in [0.3, 0.4) is 0 Å². The van der Waals surface area contributed by atoms with Crippen molar-refractivity contribution in [2.75, 3.05) is 11.4 Å². The third kappa shape index (κ3) is 3.14. The van der Waals surface area contributed by atoms with Gasteiger partial charge in [-0.2, -0.15) is 0 Å². The van der Waals surface area contributed by atoms with Crippen molar-refractivity contribution in [3.05, 3.63) is 29.8 Å². The van der Waals surface area contributed by atoms with Crippen molar-refractivity contribution in [1.82, 2.24) is 0 Å². The molecule has 6 heteroatoms. The van der Waals surface area contributed by atoms with E-state index in [1.165, 1.54) is 24.0 Å². The maximum atomic E-state index is 11.9. The third-order valence-electron chi connectivity index (χ3n) is 2.83. The first-order chi connectivity index (χ1) is 8.97. The van der Waals surface area contributed by atoms with Crippen LogP contribution < -0.4 is 4.90 Å². The van der Waals surface area contributed by atoms with Crippen LogP contribution in [0.5, 0.6) is 0 Å². The van der Waals surface area contributed by atoms with Crippen LogP contribution in [-0.4, -0.2) is 33.9 Å². The summed E-state index contributed by atoms with van der Waals surface area (Å²) in [5.41, 5.74) is 0.713. The third-order valence-corrected chi connectivity index (χ3v) is 3.81. The quantitative estimate of drug-likeness (QED) is 0.912. The van der Waals surface area contributed by atoms with Gasteiger partial charge in [0.15, 0.2) is 5.12 Å². The van der Waals surface area contributed by atoms with Crippen molar-refractivity contribution in [1.29, 1.82) is 0 Å². The van der Waals surface area contributed by atoms with Gasteiger partial charge < -0.3 is 10.0 Å². The minimum atomic E-state index is -1.02. The predicted octanol–water partition coefficient (Wildman–Crippen LogP) is 1.77. The number of rotatable bonds is 3. The smallest absolute Gasteiger partial charge is 0.335 e. The molecule has 19 heavy (non-hydrogen) atoms. The topological polar surface area (TPSA) is 74.7 Å². The lowest BCUT2D eigenvalue weighted by atomic mass is 10.2. The molecule has 1 atom stereocenters. The summed E-state index contributed by atoms with van der Waals surface area (Å²) in [5.74, 6) is -1.11. The molecule has 0 aliphatic carbocycles. The Morgan fingerprint density at radius 1 is 1.42 bits per heavy atom. The molecule has 1 aliphatic heterocycles. The Bertz CT molecular complexity index is 543. The van der Waals surface area contributed by atoms with Gasteiger partial charge in [-0.3, -0.25) is 9.59 Å². The van der Waals surface area contributed by atoms with E-state index in [9.17, 15) is 14.4 Å². The normalized spacial score (nSPS) is 18.7. The van der Waals surface area contributed by atoms with Gasteiger partial charge in [-0.1, -0.05) is 17.8 Å². The van der Waals surface area contributed by atoms with Crippen LogP contribution in [0.15, 0.2) is 24.3 Å². The lowest BCUT2D eigenvalue weighted by Gasteiger charge is -2.16. The lowest BCUT2D eigenvalue weighted by molar-refractivity contribution is -0.117. The minimum absolute atomic E-state index is 0.0149. The van der Waals surface area contributed by atoms with E-state index in [0.717, 1.165) is 11.8 Å². The molecule has 0 aromatic heterocycles. The van der Waals surface area contributed by atoms with Crippen molar-refractivity contribution in [3.8, 4) is 0 Å². The fourth-order valence-electron chi connectivity index (χ4n) is 2.04. The van der Waals surface area contributed by atoms with Gasteiger partial charge in [0.25, 0.3) is 0 Å². The van der Waals surface area contributed by atoms with Gasteiger partial charge in [0, 0.05) is 30.8 Å². The summed E-state index contributed by atoms with van der Waals surface area (Å²) >= 11 is 1.16. The number of carboxylic acids is 1. The van der Waals surface area contributed by atoms with Crippen molar-refractivity contribution in [3.63, 3.8) is 0 Å². The van der Waals surface area contributed by atoms with E-state index in [0.29, 0.717) is 18.7 Å². The zero-order valence-electron chi connectivity index (χ0n) is 10.3. The Hall–Kier alpha value is -1.82. The van der Waals surface area contributed by atoms with E-state index in [4.69, 9.17) is 5.11 Å². The Kier molecular flexibility index (Phi) is 3.90. The molecule has 1 fully saturated rings. The van der Waals surface area contributed by atoms with E-state index in [1.807, 2.05) is 0 Å². The first kappa shape index (κ1) is 13.6. The van der Waals surface area contributed by atoms with Crippen LogP contribution in [0.4, 0.5) is 5.69 Å². The van der Waals surface area contributed by atoms with Crippen molar-refractivity contribution in [2.45, 2.75) is 18.6 Å². The first-order valence-electron chi connectivity index (χ1n) is 5.78. The number of nitrogens with zero attached hydrogens (tertiary/aromatic N) is 1. The maximum absolute atomic E-state index is 11.9. The molecular weight excluding hydrogens is 266 g/mol. The van der Waals surface area contributed by atoms with E-state index in [1.54, 1.807) is 12.1 Å². The minimum Gasteiger partial charge on any atom is -0.478 e. The van der Waals surface area contributed by atoms with Gasteiger partial charge in [0.05, 0.1) is 5.56 Å². The Labute approximate surface area is 114 Å². The van der Waals surface area contributed by atoms with Crippen molar-refractivity contribution >= 4 is 34.4 Å². The number of anilines is 1. The summed E-state index contributed by atoms with van der Waals surface area (Å²) in [7, 11) is 0. The van der Waals surface area contributed by atoms with Crippen molar-refractivity contribution in [2.24, 2.45) is 0 Å². The second-order valence-electron chi connectivity index (χ2n) is 4.30. The van der Waals surface area contributed by atoms with Gasteiger partial charge in [-0.15, -0.1) is 0 Å². The van der Waals surface area contributed by atoms with Crippen LogP contribution in [0, 0.1) is 0 Å². The Morgan fingerprint density at radius 2 is 2.16 bits per heavy atom. The van der Waals surface area contributed by atoms with E-state index < -0.39 is 5.97 Å². The van der Waals surface area contributed by atoms with Crippen molar-refractivity contribution < 1.29 is 19.5 Å². The summed E-state index contributed by atoms with van der Waals surface area (Å²) < 4.78 is 0. The maximum Gasteiger partial charge on any atom is 0.335 e. The number of aromatic carboxylic acids is 1. The summed E-state index contributed by atoms with van der Waals surface area (Å²) in [6.45, 7) is 1.91. The van der Waals surface area contributed by atoms with Gasteiger partial charge in [-0.05, 0) is 18.2 Å². The summed E-state index contributed by atoms with van der Waals surface area (Å²) in [6.07, 6.45) is 0.307. The monoisotopic (exact) mass is 279 g/mol. The molecule has 0 saturated carbocycles. The second kappa shape index (κ2) is 5.44. The average Bonchev–Trinajstić information content (AvgIpc) is 2.69. The highest BCUT2D eigenvalue weighted by molar-refractivity contribution is 8.14. The number of amides is 1. The molecule has 1 N–H and O–H groups in total. The Morgan fingerprint density at radius 3 is 2.79 bits per heavy atom. The lowest BCUT2D eigenvalue weighted by Crippen LogP contribution is -2.25. The van der Waals surface area contributed by atoms with Crippen LogP contribution in [0.2, 0.25) is 0 Å². The van der Waals surface area contributed by atoms with Gasteiger partial charge in [0.2, 0.25) is 5.91 Å². The van der Waals surface area contributed by atoms with Crippen LogP contribution >= 0.6 is 11.8 Å². The molecule has 0 spiro atoms. The number of hydrogen-bond acceptors (Lipinski definition) is 4. The SMILES string of the molecule is CC(=O)SC1CC(=O)N(c2cccc(C(=O)O)c2)C1. The number of hydrogen-bond donors (Lipinski definition) is 1. The molecule has 1 aliphatic rings. The fourth-order valence-corrected chi connectivity index (χ4v) is 2.96. The summed E-state index contributed by atoms with van der Waals surface area (Å²) in [4.78, 5) is 35.4. The van der Waals surface area contributed by atoms with Crippen LogP contribution in [0.25, 0.3) is 0 Å². The molecule has 0 radical (unpaired) electrons. The van der Waals surface area contributed by atoms with E-state index in [2.05, 4.69) is 0 Å². The average molecular weight is 279 g/mol. The van der Waals surface area contributed by atoms with Gasteiger partial charge >= 0.3 is 5.97 Å². The zero-order valence-corrected chi connectivity index (χ0v) is 11.1. The van der Waals surface area contributed by atoms with Crippen LogP contribution in [0.1, 0.15) is 23.7 Å². The molecule has 1 saturated heterocycles. The number of carboxylic acid groups (broad SMARTS) is 1. The molecular formula is C13H13NO4S. The molecule has 100 valence electrons. The molecule has 1 aromatic rings. The highest BCUT2D eigenvalue weighted by atomic mass is 32.2. The largest absolute Gasteiger partial charge is 0.478 e. The molecule has 2 rings (SSSR count). The fraction of sp³-hybridized carbons (Fsp3) is 0.308. The molecule has 0 bridgehead atoms. The standard InChI is InChI=1S/C13H13NO4S/c1-8(15)19-11-6-12(16)14(7-11)10-4-2-3-9(5-10)13(17)18/h2-5,11H,6-7H2,1H3,(H,17,18). The number of benzene rings is 1. The highest BCUT2D eigenvalue weighted by Crippen LogP contribution is 2.29.